The molecule has 0 unspecified atom stereocenters. The van der Waals surface area contributed by atoms with E-state index in [1.54, 1.807) is 25.2 Å². The van der Waals surface area contributed by atoms with Crippen LogP contribution in [0.5, 0.6) is 5.75 Å². The third kappa shape index (κ3) is 2.43. The van der Waals surface area contributed by atoms with Gasteiger partial charge in [-0.05, 0) is 18.2 Å². The molecule has 0 saturated heterocycles. The fraction of sp³-hybridized carbons (Fsp3) is 0.333. The number of anilines is 2. The summed E-state index contributed by atoms with van der Waals surface area (Å²) in [5.74, 6) is 0.337. The average Bonchev–Trinajstić information content (AvgIpc) is 2.51. The highest BCUT2D eigenvalue weighted by atomic mass is 16.5. The Morgan fingerprint density at radius 2 is 2.33 bits per heavy atom. The van der Waals surface area contributed by atoms with Crippen molar-refractivity contribution in [3.8, 4) is 5.75 Å². The second kappa shape index (κ2) is 5.05. The molecule has 0 saturated carbocycles. The number of nitrogens with zero attached hydrogens (tertiary/aromatic N) is 1. The number of carbonyl (C=O) groups is 2. The van der Waals surface area contributed by atoms with E-state index in [1.165, 1.54) is 4.90 Å². The Kier molecular flexibility index (Phi) is 3.47. The van der Waals surface area contributed by atoms with Crippen LogP contribution in [0.15, 0.2) is 18.2 Å². The zero-order valence-corrected chi connectivity index (χ0v) is 10.1. The van der Waals surface area contributed by atoms with E-state index in [0.29, 0.717) is 30.2 Å². The Hall–Kier alpha value is -2.08. The summed E-state index contributed by atoms with van der Waals surface area (Å²) in [5, 5.41) is 2.64. The molecule has 6 nitrogen and oxygen atoms in total. The van der Waals surface area contributed by atoms with E-state index in [0.717, 1.165) is 0 Å². The molecular formula is C12H15N3O3. The van der Waals surface area contributed by atoms with Gasteiger partial charge in [-0.1, -0.05) is 0 Å². The first kappa shape index (κ1) is 12.4. The Morgan fingerprint density at radius 3 is 3.06 bits per heavy atom. The van der Waals surface area contributed by atoms with Crippen LogP contribution in [-0.2, 0) is 9.59 Å². The highest BCUT2D eigenvalue weighted by Gasteiger charge is 2.20. The van der Waals surface area contributed by atoms with Gasteiger partial charge < -0.3 is 20.7 Å². The number of hydrogen-bond donors (Lipinski definition) is 2. The standard InChI is InChI=1S/C12H15N3O3/c1-15-9-6-8(14-11(16)7-13)2-3-10(9)18-5-4-12(15)17/h2-3,6H,4-5,7,13H2,1H3,(H,14,16). The van der Waals surface area contributed by atoms with Crippen LogP contribution in [0.4, 0.5) is 11.4 Å². The molecule has 0 spiro atoms. The van der Waals surface area contributed by atoms with Crippen LogP contribution in [0.3, 0.4) is 0 Å². The predicted octanol–water partition coefficient (Wildman–Crippen LogP) is 0.329. The van der Waals surface area contributed by atoms with E-state index in [-0.39, 0.29) is 18.4 Å². The maximum Gasteiger partial charge on any atom is 0.238 e. The van der Waals surface area contributed by atoms with Gasteiger partial charge in [0.1, 0.15) is 5.75 Å². The lowest BCUT2D eigenvalue weighted by Crippen LogP contribution is -2.25. The molecule has 3 N–H and O–H groups in total. The number of amides is 2. The third-order valence-electron chi connectivity index (χ3n) is 2.74. The van der Waals surface area contributed by atoms with Crippen molar-refractivity contribution in [3.05, 3.63) is 18.2 Å². The van der Waals surface area contributed by atoms with Crippen molar-refractivity contribution in [3.63, 3.8) is 0 Å². The van der Waals surface area contributed by atoms with E-state index in [9.17, 15) is 9.59 Å². The molecule has 2 amide bonds. The van der Waals surface area contributed by atoms with E-state index in [2.05, 4.69) is 5.32 Å². The Labute approximate surface area is 105 Å². The van der Waals surface area contributed by atoms with Crippen LogP contribution in [0.2, 0.25) is 0 Å². The third-order valence-corrected chi connectivity index (χ3v) is 2.74. The number of fused-ring (bicyclic) bond motifs is 1. The number of hydrogen-bond acceptors (Lipinski definition) is 4. The molecule has 1 aromatic rings. The SMILES string of the molecule is CN1C(=O)CCOc2ccc(NC(=O)CN)cc21. The van der Waals surface area contributed by atoms with Gasteiger partial charge in [0, 0.05) is 12.7 Å². The first-order valence-electron chi connectivity index (χ1n) is 5.65. The molecule has 1 heterocycles. The number of nitrogens with two attached hydrogens (primary N) is 1. The molecule has 0 aromatic heterocycles. The minimum atomic E-state index is -0.279. The van der Waals surface area contributed by atoms with E-state index in [4.69, 9.17) is 10.5 Å². The molecule has 1 aliphatic rings. The fourth-order valence-electron chi connectivity index (χ4n) is 1.74. The molecule has 0 atom stereocenters. The quantitative estimate of drug-likeness (QED) is 0.791. The number of rotatable bonds is 2. The van der Waals surface area contributed by atoms with Crippen LogP contribution in [0.25, 0.3) is 0 Å². The number of benzene rings is 1. The van der Waals surface area contributed by atoms with Gasteiger partial charge >= 0.3 is 0 Å². The highest BCUT2D eigenvalue weighted by Crippen LogP contribution is 2.33. The lowest BCUT2D eigenvalue weighted by Gasteiger charge is -2.17. The van der Waals surface area contributed by atoms with Gasteiger partial charge in [-0.2, -0.15) is 0 Å². The maximum absolute atomic E-state index is 11.7. The van der Waals surface area contributed by atoms with Crippen LogP contribution in [0.1, 0.15) is 6.42 Å². The van der Waals surface area contributed by atoms with Crippen molar-refractivity contribution in [2.75, 3.05) is 30.4 Å². The summed E-state index contributed by atoms with van der Waals surface area (Å²) >= 11 is 0. The van der Waals surface area contributed by atoms with Gasteiger partial charge in [0.25, 0.3) is 0 Å². The lowest BCUT2D eigenvalue weighted by atomic mass is 10.2. The van der Waals surface area contributed by atoms with Crippen molar-refractivity contribution in [1.82, 2.24) is 0 Å². The number of carbonyl (C=O) groups excluding carboxylic acids is 2. The topological polar surface area (TPSA) is 84.7 Å². The van der Waals surface area contributed by atoms with Crippen molar-refractivity contribution in [1.29, 1.82) is 0 Å². The molecule has 6 heteroatoms. The molecule has 1 aromatic carbocycles. The van der Waals surface area contributed by atoms with E-state index in [1.807, 2.05) is 0 Å². The summed E-state index contributed by atoms with van der Waals surface area (Å²) in [6.45, 7) is 0.285. The smallest absolute Gasteiger partial charge is 0.238 e. The minimum Gasteiger partial charge on any atom is -0.491 e. The summed E-state index contributed by atoms with van der Waals surface area (Å²) in [7, 11) is 1.68. The highest BCUT2D eigenvalue weighted by molar-refractivity contribution is 5.97. The van der Waals surface area contributed by atoms with E-state index >= 15 is 0 Å². The molecule has 0 radical (unpaired) electrons. The maximum atomic E-state index is 11.7. The summed E-state index contributed by atoms with van der Waals surface area (Å²) in [4.78, 5) is 24.4. The molecule has 0 aliphatic carbocycles. The molecule has 18 heavy (non-hydrogen) atoms. The van der Waals surface area contributed by atoms with Gasteiger partial charge in [0.15, 0.2) is 0 Å². The van der Waals surface area contributed by atoms with Crippen LogP contribution < -0.4 is 20.7 Å². The Balaban J connectivity index is 2.31. The Morgan fingerprint density at radius 1 is 1.56 bits per heavy atom. The van der Waals surface area contributed by atoms with Gasteiger partial charge in [0.05, 0.1) is 25.3 Å². The number of nitrogens with one attached hydrogen (secondary N) is 1. The van der Waals surface area contributed by atoms with Crippen molar-refractivity contribution >= 4 is 23.2 Å². The average molecular weight is 249 g/mol. The van der Waals surface area contributed by atoms with Crippen LogP contribution in [-0.4, -0.2) is 32.0 Å². The van der Waals surface area contributed by atoms with Crippen molar-refractivity contribution < 1.29 is 14.3 Å². The van der Waals surface area contributed by atoms with Gasteiger partial charge in [-0.25, -0.2) is 0 Å². The molecule has 2 rings (SSSR count). The minimum absolute atomic E-state index is 0.0175. The lowest BCUT2D eigenvalue weighted by molar-refractivity contribution is -0.118. The fourth-order valence-corrected chi connectivity index (χ4v) is 1.74. The second-order valence-corrected chi connectivity index (χ2v) is 3.99. The van der Waals surface area contributed by atoms with Crippen LogP contribution in [0, 0.1) is 0 Å². The Bertz CT molecular complexity index is 487. The summed E-state index contributed by atoms with van der Waals surface area (Å²) in [6.07, 6.45) is 0.343. The zero-order valence-electron chi connectivity index (χ0n) is 10.1. The van der Waals surface area contributed by atoms with Gasteiger partial charge in [0.2, 0.25) is 11.8 Å². The monoisotopic (exact) mass is 249 g/mol. The van der Waals surface area contributed by atoms with E-state index < -0.39 is 0 Å². The summed E-state index contributed by atoms with van der Waals surface area (Å²) in [6, 6.07) is 5.15. The van der Waals surface area contributed by atoms with Gasteiger partial charge in [-0.15, -0.1) is 0 Å². The van der Waals surface area contributed by atoms with Gasteiger partial charge in [-0.3, -0.25) is 9.59 Å². The molecule has 0 fully saturated rings. The van der Waals surface area contributed by atoms with Crippen molar-refractivity contribution in [2.24, 2.45) is 5.73 Å². The predicted molar refractivity (Wildman–Crippen MR) is 67.6 cm³/mol. The van der Waals surface area contributed by atoms with Crippen molar-refractivity contribution in [2.45, 2.75) is 6.42 Å². The van der Waals surface area contributed by atoms with Crippen LogP contribution >= 0.6 is 0 Å². The number of ether oxygens (including phenoxy) is 1. The second-order valence-electron chi connectivity index (χ2n) is 3.99. The summed E-state index contributed by atoms with van der Waals surface area (Å²) < 4.78 is 5.48. The molecule has 96 valence electrons. The summed E-state index contributed by atoms with van der Waals surface area (Å²) in [5.41, 5.74) is 6.47. The molecule has 0 bridgehead atoms. The zero-order chi connectivity index (χ0) is 13.1. The molecular weight excluding hydrogens is 234 g/mol. The first-order valence-corrected chi connectivity index (χ1v) is 5.65. The molecule has 1 aliphatic heterocycles. The first-order chi connectivity index (χ1) is 8.61. The normalized spacial score (nSPS) is 14.6. The largest absolute Gasteiger partial charge is 0.491 e.